The summed E-state index contributed by atoms with van der Waals surface area (Å²) in [6.07, 6.45) is 2.72. The largest absolute Gasteiger partial charge is 0.489 e. The molecule has 0 aliphatic carbocycles. The van der Waals surface area contributed by atoms with Gasteiger partial charge in [0.2, 0.25) is 0 Å². The van der Waals surface area contributed by atoms with Crippen LogP contribution in [0, 0.1) is 0 Å². The zero-order valence-corrected chi connectivity index (χ0v) is 8.64. The van der Waals surface area contributed by atoms with Gasteiger partial charge in [-0.3, -0.25) is 4.79 Å². The van der Waals surface area contributed by atoms with E-state index in [2.05, 4.69) is 0 Å². The molecule has 0 N–H and O–H groups in total. The van der Waals surface area contributed by atoms with Gasteiger partial charge in [-0.15, -0.1) is 0 Å². The Morgan fingerprint density at radius 3 is 2.88 bits per heavy atom. The van der Waals surface area contributed by atoms with Crippen LogP contribution < -0.4 is 4.74 Å². The average molecular weight is 210 g/mol. The highest BCUT2D eigenvalue weighted by Crippen LogP contribution is 2.35. The van der Waals surface area contributed by atoms with E-state index in [9.17, 15) is 4.79 Å². The van der Waals surface area contributed by atoms with Gasteiger partial charge in [0, 0.05) is 11.1 Å². The summed E-state index contributed by atoms with van der Waals surface area (Å²) in [5.74, 6) is 0.795. The molecule has 3 rings (SSSR count). The lowest BCUT2D eigenvalue weighted by Gasteiger charge is -2.17. The van der Waals surface area contributed by atoms with E-state index in [1.165, 1.54) is 0 Å². The monoisotopic (exact) mass is 210 g/mol. The smallest absolute Gasteiger partial charge is 0.150 e. The van der Waals surface area contributed by atoms with Crippen molar-refractivity contribution in [2.75, 3.05) is 6.61 Å². The van der Waals surface area contributed by atoms with Crippen LogP contribution in [0.1, 0.15) is 5.56 Å². The number of carbonyl (C=O) groups excluding carboxylic acids is 1. The van der Waals surface area contributed by atoms with E-state index in [-0.39, 0.29) is 0 Å². The predicted molar refractivity (Wildman–Crippen MR) is 63.5 cm³/mol. The molecule has 0 saturated heterocycles. The molecule has 0 aromatic heterocycles. The van der Waals surface area contributed by atoms with Gasteiger partial charge >= 0.3 is 0 Å². The first-order valence-electron chi connectivity index (χ1n) is 5.20. The SMILES string of the molecule is O=CC1=CCOc2ccc3ccccc3c21. The standard InChI is InChI=1S/C14H10O2/c15-9-11-7-8-16-13-6-5-10-3-1-2-4-12(10)14(11)13/h1-7,9H,8H2. The maximum absolute atomic E-state index is 11.0. The van der Waals surface area contributed by atoms with Crippen LogP contribution in [0.4, 0.5) is 0 Å². The number of aldehydes is 1. The van der Waals surface area contributed by atoms with Gasteiger partial charge in [-0.25, -0.2) is 0 Å². The molecule has 2 nitrogen and oxygen atoms in total. The Morgan fingerprint density at radius 1 is 1.12 bits per heavy atom. The first kappa shape index (κ1) is 9.16. The van der Waals surface area contributed by atoms with Crippen LogP contribution in [0.25, 0.3) is 16.3 Å². The van der Waals surface area contributed by atoms with Crippen molar-refractivity contribution in [2.45, 2.75) is 0 Å². The minimum absolute atomic E-state index is 0.472. The van der Waals surface area contributed by atoms with Gasteiger partial charge in [0.25, 0.3) is 0 Å². The third-order valence-corrected chi connectivity index (χ3v) is 2.85. The van der Waals surface area contributed by atoms with E-state index in [0.29, 0.717) is 6.61 Å². The molecule has 0 unspecified atom stereocenters. The summed E-state index contributed by atoms with van der Waals surface area (Å²) >= 11 is 0. The van der Waals surface area contributed by atoms with Crippen LogP contribution in [0.5, 0.6) is 5.75 Å². The molecule has 2 aromatic rings. The van der Waals surface area contributed by atoms with Gasteiger partial charge in [0.1, 0.15) is 12.4 Å². The van der Waals surface area contributed by atoms with Crippen molar-refractivity contribution < 1.29 is 9.53 Å². The van der Waals surface area contributed by atoms with E-state index in [0.717, 1.165) is 33.9 Å². The van der Waals surface area contributed by atoms with Crippen LogP contribution >= 0.6 is 0 Å². The molecular formula is C14H10O2. The lowest BCUT2D eigenvalue weighted by atomic mass is 9.96. The van der Waals surface area contributed by atoms with Crippen molar-refractivity contribution in [3.8, 4) is 5.75 Å². The number of ether oxygens (including phenoxy) is 1. The number of hydrogen-bond acceptors (Lipinski definition) is 2. The second-order valence-corrected chi connectivity index (χ2v) is 3.75. The fourth-order valence-electron chi connectivity index (χ4n) is 2.10. The van der Waals surface area contributed by atoms with Crippen LogP contribution in [0.2, 0.25) is 0 Å². The van der Waals surface area contributed by atoms with Gasteiger partial charge in [0.05, 0.1) is 0 Å². The zero-order valence-electron chi connectivity index (χ0n) is 8.64. The lowest BCUT2D eigenvalue weighted by Crippen LogP contribution is -2.05. The Labute approximate surface area is 93.2 Å². The maximum atomic E-state index is 11.0. The summed E-state index contributed by atoms with van der Waals surface area (Å²) in [7, 11) is 0. The van der Waals surface area contributed by atoms with Crippen molar-refractivity contribution in [2.24, 2.45) is 0 Å². The van der Waals surface area contributed by atoms with Crippen molar-refractivity contribution in [3.05, 3.63) is 48.0 Å². The molecule has 1 aliphatic rings. The molecule has 0 spiro atoms. The number of allylic oxidation sites excluding steroid dienone is 1. The highest BCUT2D eigenvalue weighted by molar-refractivity contribution is 6.14. The summed E-state index contributed by atoms with van der Waals surface area (Å²) in [5.41, 5.74) is 1.64. The maximum Gasteiger partial charge on any atom is 0.150 e. The number of rotatable bonds is 1. The van der Waals surface area contributed by atoms with Crippen molar-refractivity contribution >= 4 is 22.6 Å². The Balaban J connectivity index is 2.41. The van der Waals surface area contributed by atoms with Gasteiger partial charge in [-0.05, 0) is 22.9 Å². The molecule has 16 heavy (non-hydrogen) atoms. The Hall–Kier alpha value is -2.09. The van der Waals surface area contributed by atoms with E-state index in [1.54, 1.807) is 0 Å². The molecule has 0 fully saturated rings. The molecule has 2 aromatic carbocycles. The summed E-state index contributed by atoms with van der Waals surface area (Å²) in [6.45, 7) is 0.472. The number of benzene rings is 2. The second kappa shape index (κ2) is 3.49. The van der Waals surface area contributed by atoms with Gasteiger partial charge in [-0.1, -0.05) is 30.3 Å². The summed E-state index contributed by atoms with van der Waals surface area (Å²) in [6, 6.07) is 11.9. The summed E-state index contributed by atoms with van der Waals surface area (Å²) in [5, 5.41) is 2.19. The molecule has 78 valence electrons. The molecule has 0 bridgehead atoms. The van der Waals surface area contributed by atoms with E-state index < -0.39 is 0 Å². The van der Waals surface area contributed by atoms with Crippen LogP contribution in [0.15, 0.2) is 42.5 Å². The van der Waals surface area contributed by atoms with Crippen LogP contribution in [-0.4, -0.2) is 12.9 Å². The zero-order chi connectivity index (χ0) is 11.0. The van der Waals surface area contributed by atoms with Crippen molar-refractivity contribution in [1.82, 2.24) is 0 Å². The number of fused-ring (bicyclic) bond motifs is 3. The molecule has 0 saturated carbocycles. The molecule has 1 aliphatic heterocycles. The Morgan fingerprint density at radius 2 is 2.00 bits per heavy atom. The average Bonchev–Trinajstić information content (AvgIpc) is 2.37. The van der Waals surface area contributed by atoms with Gasteiger partial charge in [-0.2, -0.15) is 0 Å². The van der Waals surface area contributed by atoms with Gasteiger partial charge in [0.15, 0.2) is 6.29 Å². The normalized spacial score (nSPS) is 13.9. The van der Waals surface area contributed by atoms with E-state index in [4.69, 9.17) is 4.74 Å². The molecule has 0 amide bonds. The minimum Gasteiger partial charge on any atom is -0.489 e. The Bertz CT molecular complexity index is 597. The topological polar surface area (TPSA) is 26.3 Å². The first-order chi connectivity index (χ1) is 7.90. The molecule has 0 radical (unpaired) electrons. The highest BCUT2D eigenvalue weighted by Gasteiger charge is 2.15. The van der Waals surface area contributed by atoms with Crippen molar-refractivity contribution in [1.29, 1.82) is 0 Å². The van der Waals surface area contributed by atoms with Crippen LogP contribution in [0.3, 0.4) is 0 Å². The molecular weight excluding hydrogens is 200 g/mol. The first-order valence-corrected chi connectivity index (χ1v) is 5.20. The molecule has 2 heteroatoms. The van der Waals surface area contributed by atoms with Crippen LogP contribution in [-0.2, 0) is 4.79 Å². The molecule has 1 heterocycles. The van der Waals surface area contributed by atoms with E-state index in [1.807, 2.05) is 42.5 Å². The van der Waals surface area contributed by atoms with Crippen molar-refractivity contribution in [3.63, 3.8) is 0 Å². The highest BCUT2D eigenvalue weighted by atomic mass is 16.5. The number of hydrogen-bond donors (Lipinski definition) is 0. The fourth-order valence-corrected chi connectivity index (χ4v) is 2.10. The Kier molecular flexibility index (Phi) is 2.00. The minimum atomic E-state index is 0.472. The second-order valence-electron chi connectivity index (χ2n) is 3.75. The summed E-state index contributed by atoms with van der Waals surface area (Å²) < 4.78 is 5.53. The number of carbonyl (C=O) groups is 1. The summed E-state index contributed by atoms with van der Waals surface area (Å²) in [4.78, 5) is 11.0. The van der Waals surface area contributed by atoms with E-state index >= 15 is 0 Å². The van der Waals surface area contributed by atoms with Gasteiger partial charge < -0.3 is 4.74 Å². The molecule has 0 atom stereocenters. The fraction of sp³-hybridized carbons (Fsp3) is 0.0714. The predicted octanol–water partition coefficient (Wildman–Crippen LogP) is 2.81. The quantitative estimate of drug-likeness (QED) is 0.676. The lowest BCUT2D eigenvalue weighted by molar-refractivity contribution is -0.103. The third-order valence-electron chi connectivity index (χ3n) is 2.85. The third kappa shape index (κ3) is 1.23.